The predicted octanol–water partition coefficient (Wildman–Crippen LogP) is 2.79. The van der Waals surface area contributed by atoms with Gasteiger partial charge < -0.3 is 10.6 Å². The van der Waals surface area contributed by atoms with E-state index in [1.54, 1.807) is 6.07 Å². The van der Waals surface area contributed by atoms with Crippen molar-refractivity contribution in [1.29, 1.82) is 0 Å². The molecule has 0 bridgehead atoms. The summed E-state index contributed by atoms with van der Waals surface area (Å²) in [4.78, 5) is 11.5. The lowest BCUT2D eigenvalue weighted by Gasteiger charge is -2.15. The molecule has 1 amide bonds. The zero-order valence-electron chi connectivity index (χ0n) is 8.73. The summed E-state index contributed by atoms with van der Waals surface area (Å²) in [7, 11) is 0. The molecule has 0 spiro atoms. The average Bonchev–Trinajstić information content (AvgIpc) is 2.30. The molecule has 0 saturated heterocycles. The Morgan fingerprint density at radius 2 is 2.20 bits per heavy atom. The molecule has 0 aliphatic carbocycles. The van der Waals surface area contributed by atoms with Gasteiger partial charge in [0, 0.05) is 17.5 Å². The van der Waals surface area contributed by atoms with Gasteiger partial charge in [0.25, 0.3) is 0 Å². The van der Waals surface area contributed by atoms with Crippen molar-refractivity contribution < 1.29 is 4.79 Å². The van der Waals surface area contributed by atoms with Gasteiger partial charge in [-0.1, -0.05) is 11.6 Å². The number of hydrogen-bond donors (Lipinski definition) is 2. The first kappa shape index (κ1) is 10.3. The molecule has 0 aromatic heterocycles. The van der Waals surface area contributed by atoms with Crippen molar-refractivity contribution in [3.05, 3.63) is 22.7 Å². The maximum Gasteiger partial charge on any atom is 0.226 e. The van der Waals surface area contributed by atoms with Crippen LogP contribution in [0.2, 0.25) is 5.02 Å². The van der Waals surface area contributed by atoms with Crippen LogP contribution in [0.1, 0.15) is 18.9 Å². The smallest absolute Gasteiger partial charge is 0.226 e. The fourth-order valence-electron chi connectivity index (χ4n) is 1.75. The first-order chi connectivity index (χ1) is 7.08. The first-order valence-electron chi connectivity index (χ1n) is 4.93. The summed E-state index contributed by atoms with van der Waals surface area (Å²) in [5.74, 6) is 0.0375. The normalized spacial score (nSPS) is 19.9. The molecule has 1 atom stereocenters. The van der Waals surface area contributed by atoms with Crippen molar-refractivity contribution in [1.82, 2.24) is 0 Å². The van der Waals surface area contributed by atoms with E-state index in [-0.39, 0.29) is 11.9 Å². The van der Waals surface area contributed by atoms with Crippen LogP contribution in [-0.2, 0) is 4.79 Å². The molecule has 0 fully saturated rings. The van der Waals surface area contributed by atoms with Crippen molar-refractivity contribution in [3.63, 3.8) is 0 Å². The lowest BCUT2D eigenvalue weighted by Crippen LogP contribution is -2.19. The van der Waals surface area contributed by atoms with Crippen molar-refractivity contribution >= 4 is 28.9 Å². The maximum absolute atomic E-state index is 11.5. The Kier molecular flexibility index (Phi) is 2.57. The van der Waals surface area contributed by atoms with E-state index in [1.165, 1.54) is 0 Å². The molecule has 2 rings (SSSR count). The molecule has 3 nitrogen and oxygen atoms in total. The van der Waals surface area contributed by atoms with E-state index in [2.05, 4.69) is 10.6 Å². The summed E-state index contributed by atoms with van der Waals surface area (Å²) in [5.41, 5.74) is 2.72. The van der Waals surface area contributed by atoms with Gasteiger partial charge in [0.05, 0.1) is 11.4 Å². The van der Waals surface area contributed by atoms with Gasteiger partial charge in [0.1, 0.15) is 0 Å². The summed E-state index contributed by atoms with van der Waals surface area (Å²) in [6, 6.07) is 3.75. The van der Waals surface area contributed by atoms with Crippen LogP contribution in [0.25, 0.3) is 0 Å². The largest absolute Gasteiger partial charge is 0.380 e. The highest BCUT2D eigenvalue weighted by atomic mass is 35.5. The highest BCUT2D eigenvalue weighted by Gasteiger charge is 2.19. The van der Waals surface area contributed by atoms with Crippen LogP contribution >= 0.6 is 11.6 Å². The highest BCUT2D eigenvalue weighted by molar-refractivity contribution is 6.32. The molecule has 80 valence electrons. The second kappa shape index (κ2) is 3.74. The van der Waals surface area contributed by atoms with E-state index in [9.17, 15) is 4.79 Å². The second-order valence-corrected chi connectivity index (χ2v) is 4.30. The lowest BCUT2D eigenvalue weighted by molar-refractivity contribution is -0.116. The Balaban J connectivity index is 2.51. The Labute approximate surface area is 93.8 Å². The first-order valence-corrected chi connectivity index (χ1v) is 5.31. The minimum atomic E-state index is 0.0375. The third-order valence-electron chi connectivity index (χ3n) is 2.56. The summed E-state index contributed by atoms with van der Waals surface area (Å²) in [5, 5.41) is 6.87. The van der Waals surface area contributed by atoms with Gasteiger partial charge in [0.15, 0.2) is 0 Å². The van der Waals surface area contributed by atoms with Crippen LogP contribution in [0.15, 0.2) is 12.1 Å². The van der Waals surface area contributed by atoms with Gasteiger partial charge in [0.2, 0.25) is 5.91 Å². The Hall–Kier alpha value is -1.22. The molecule has 1 aliphatic heterocycles. The van der Waals surface area contributed by atoms with Crippen molar-refractivity contribution in [2.24, 2.45) is 0 Å². The van der Waals surface area contributed by atoms with Gasteiger partial charge in [-0.05, 0) is 31.5 Å². The van der Waals surface area contributed by atoms with Crippen molar-refractivity contribution in [2.45, 2.75) is 26.3 Å². The van der Waals surface area contributed by atoms with E-state index < -0.39 is 0 Å². The van der Waals surface area contributed by atoms with Gasteiger partial charge in [-0.2, -0.15) is 0 Å². The van der Waals surface area contributed by atoms with Gasteiger partial charge in [-0.3, -0.25) is 4.79 Å². The van der Waals surface area contributed by atoms with Crippen LogP contribution in [0.4, 0.5) is 11.4 Å². The van der Waals surface area contributed by atoms with Gasteiger partial charge in [-0.25, -0.2) is 0 Å². The Morgan fingerprint density at radius 1 is 1.47 bits per heavy atom. The number of nitrogens with one attached hydrogen (secondary N) is 2. The number of anilines is 2. The van der Waals surface area contributed by atoms with E-state index in [0.717, 1.165) is 16.9 Å². The molecule has 1 aromatic carbocycles. The number of carbonyl (C=O) groups is 1. The van der Waals surface area contributed by atoms with Crippen LogP contribution < -0.4 is 10.6 Å². The number of benzene rings is 1. The molecule has 1 heterocycles. The molecule has 0 saturated carbocycles. The minimum Gasteiger partial charge on any atom is -0.380 e. The topological polar surface area (TPSA) is 41.1 Å². The summed E-state index contributed by atoms with van der Waals surface area (Å²) in [6.45, 7) is 3.92. The number of hydrogen-bond acceptors (Lipinski definition) is 2. The van der Waals surface area contributed by atoms with Crippen LogP contribution in [0.3, 0.4) is 0 Å². The second-order valence-electron chi connectivity index (χ2n) is 3.89. The van der Waals surface area contributed by atoms with Crippen LogP contribution in [0.5, 0.6) is 0 Å². The zero-order chi connectivity index (χ0) is 11.0. The molecule has 1 aliphatic rings. The number of carbonyl (C=O) groups excluding carboxylic acids is 1. The summed E-state index contributed by atoms with van der Waals surface area (Å²) >= 11 is 6.03. The fourth-order valence-corrected chi connectivity index (χ4v) is 1.91. The molecule has 4 heteroatoms. The van der Waals surface area contributed by atoms with E-state index >= 15 is 0 Å². The SMILES string of the molecule is Cc1c(Cl)ccc2c1NC(C)CC(=O)N2. The van der Waals surface area contributed by atoms with E-state index in [4.69, 9.17) is 11.6 Å². The third-order valence-corrected chi connectivity index (χ3v) is 2.96. The van der Waals surface area contributed by atoms with Crippen molar-refractivity contribution in [3.8, 4) is 0 Å². The van der Waals surface area contributed by atoms with E-state index in [1.807, 2.05) is 19.9 Å². The fraction of sp³-hybridized carbons (Fsp3) is 0.364. The standard InChI is InChI=1S/C11H13ClN2O/c1-6-5-10(15)14-9-4-3-8(12)7(2)11(9)13-6/h3-4,6,13H,5H2,1-2H3,(H,14,15). The maximum atomic E-state index is 11.5. The molecule has 1 unspecified atom stereocenters. The van der Waals surface area contributed by atoms with Crippen LogP contribution in [0, 0.1) is 6.92 Å². The number of amides is 1. The number of fused-ring (bicyclic) bond motifs is 1. The molecular weight excluding hydrogens is 212 g/mol. The van der Waals surface area contributed by atoms with E-state index in [0.29, 0.717) is 11.4 Å². The number of rotatable bonds is 0. The Morgan fingerprint density at radius 3 is 2.93 bits per heavy atom. The monoisotopic (exact) mass is 224 g/mol. The summed E-state index contributed by atoms with van der Waals surface area (Å²) in [6.07, 6.45) is 0.478. The molecule has 0 radical (unpaired) electrons. The molecule has 2 N–H and O–H groups in total. The lowest BCUT2D eigenvalue weighted by atomic mass is 10.1. The summed E-state index contributed by atoms with van der Waals surface area (Å²) < 4.78 is 0. The quantitative estimate of drug-likeness (QED) is 0.712. The van der Waals surface area contributed by atoms with Crippen LogP contribution in [-0.4, -0.2) is 11.9 Å². The minimum absolute atomic E-state index is 0.0375. The average molecular weight is 225 g/mol. The van der Waals surface area contributed by atoms with Crippen molar-refractivity contribution in [2.75, 3.05) is 10.6 Å². The molecule has 15 heavy (non-hydrogen) atoms. The number of halogens is 1. The molecular formula is C11H13ClN2O. The van der Waals surface area contributed by atoms with Gasteiger partial charge >= 0.3 is 0 Å². The predicted molar refractivity (Wildman–Crippen MR) is 62.5 cm³/mol. The highest BCUT2D eigenvalue weighted by Crippen LogP contribution is 2.33. The Bertz CT molecular complexity index is 417. The zero-order valence-corrected chi connectivity index (χ0v) is 9.48. The third kappa shape index (κ3) is 1.92. The van der Waals surface area contributed by atoms with Gasteiger partial charge in [-0.15, -0.1) is 0 Å². The molecule has 1 aromatic rings.